The van der Waals surface area contributed by atoms with Crippen molar-refractivity contribution < 1.29 is 9.47 Å². The van der Waals surface area contributed by atoms with E-state index in [4.69, 9.17) is 9.47 Å². The van der Waals surface area contributed by atoms with Crippen molar-refractivity contribution in [3.8, 4) is 5.75 Å². The summed E-state index contributed by atoms with van der Waals surface area (Å²) in [7, 11) is 1.97. The Bertz CT molecular complexity index is 397. The first-order chi connectivity index (χ1) is 9.10. The summed E-state index contributed by atoms with van der Waals surface area (Å²) in [6.45, 7) is 6.39. The molecule has 3 unspecified atom stereocenters. The Hall–Kier alpha value is -1.06. The first kappa shape index (κ1) is 14.4. The first-order valence-electron chi connectivity index (χ1n) is 7.18. The van der Waals surface area contributed by atoms with Crippen LogP contribution in [0.15, 0.2) is 24.3 Å². The van der Waals surface area contributed by atoms with Gasteiger partial charge < -0.3 is 14.8 Å². The maximum atomic E-state index is 6.23. The van der Waals surface area contributed by atoms with Gasteiger partial charge in [0.2, 0.25) is 0 Å². The quantitative estimate of drug-likeness (QED) is 0.904. The van der Waals surface area contributed by atoms with Crippen LogP contribution in [0.4, 0.5) is 0 Å². The van der Waals surface area contributed by atoms with E-state index in [2.05, 4.69) is 44.3 Å². The van der Waals surface area contributed by atoms with Gasteiger partial charge in [-0.25, -0.2) is 0 Å². The minimum absolute atomic E-state index is 0.254. The Morgan fingerprint density at radius 2 is 1.84 bits per heavy atom. The highest BCUT2D eigenvalue weighted by Crippen LogP contribution is 2.29. The molecule has 1 aliphatic heterocycles. The Labute approximate surface area is 116 Å². The average molecular weight is 263 g/mol. The molecule has 3 heteroatoms. The molecule has 0 aromatic heterocycles. The normalized spacial score (nSPS) is 28.9. The van der Waals surface area contributed by atoms with E-state index in [1.165, 1.54) is 5.56 Å². The van der Waals surface area contributed by atoms with Gasteiger partial charge in [0.15, 0.2) is 0 Å². The lowest BCUT2D eigenvalue weighted by Crippen LogP contribution is -2.36. The van der Waals surface area contributed by atoms with E-state index in [9.17, 15) is 0 Å². The summed E-state index contributed by atoms with van der Waals surface area (Å²) in [4.78, 5) is 0. The van der Waals surface area contributed by atoms with Crippen molar-refractivity contribution in [2.75, 3.05) is 7.05 Å². The largest absolute Gasteiger partial charge is 0.490 e. The van der Waals surface area contributed by atoms with E-state index >= 15 is 0 Å². The van der Waals surface area contributed by atoms with E-state index < -0.39 is 0 Å². The van der Waals surface area contributed by atoms with Gasteiger partial charge in [0.1, 0.15) is 11.9 Å². The summed E-state index contributed by atoms with van der Waals surface area (Å²) >= 11 is 0. The van der Waals surface area contributed by atoms with Crippen molar-refractivity contribution in [3.05, 3.63) is 29.8 Å². The van der Waals surface area contributed by atoms with Gasteiger partial charge in [-0.1, -0.05) is 18.2 Å². The topological polar surface area (TPSA) is 30.5 Å². The van der Waals surface area contributed by atoms with Gasteiger partial charge in [-0.15, -0.1) is 0 Å². The van der Waals surface area contributed by atoms with E-state index in [-0.39, 0.29) is 18.3 Å². The minimum atomic E-state index is 0.254. The van der Waals surface area contributed by atoms with E-state index in [0.29, 0.717) is 6.04 Å². The van der Waals surface area contributed by atoms with Gasteiger partial charge in [0.05, 0.1) is 12.2 Å². The average Bonchev–Trinajstić information content (AvgIpc) is 2.37. The highest BCUT2D eigenvalue weighted by Gasteiger charge is 2.26. The molecule has 1 N–H and O–H groups in total. The molecular weight excluding hydrogens is 238 g/mol. The van der Waals surface area contributed by atoms with Crippen molar-refractivity contribution in [1.82, 2.24) is 5.32 Å². The third-order valence-electron chi connectivity index (χ3n) is 3.77. The van der Waals surface area contributed by atoms with Crippen LogP contribution in [0.5, 0.6) is 5.75 Å². The van der Waals surface area contributed by atoms with Crippen molar-refractivity contribution in [1.29, 1.82) is 0 Å². The molecule has 0 spiro atoms. The second-order valence-corrected chi connectivity index (χ2v) is 5.52. The first-order valence-corrected chi connectivity index (χ1v) is 7.18. The molecule has 0 radical (unpaired) electrons. The zero-order valence-electron chi connectivity index (χ0n) is 12.3. The molecule has 3 atom stereocenters. The van der Waals surface area contributed by atoms with Gasteiger partial charge in [-0.05, 0) is 33.9 Å². The molecule has 0 bridgehead atoms. The number of benzene rings is 1. The van der Waals surface area contributed by atoms with Crippen LogP contribution in [0, 0.1) is 0 Å². The number of nitrogens with one attached hydrogen (secondary N) is 1. The van der Waals surface area contributed by atoms with Crippen LogP contribution in [0.2, 0.25) is 0 Å². The molecule has 19 heavy (non-hydrogen) atoms. The lowest BCUT2D eigenvalue weighted by atomic mass is 10.0. The molecule has 106 valence electrons. The zero-order valence-corrected chi connectivity index (χ0v) is 12.3. The Kier molecular flexibility index (Phi) is 4.83. The second kappa shape index (κ2) is 6.40. The molecule has 1 aromatic rings. The van der Waals surface area contributed by atoms with Crippen LogP contribution in [0.1, 0.15) is 45.2 Å². The Morgan fingerprint density at radius 3 is 2.47 bits per heavy atom. The summed E-state index contributed by atoms with van der Waals surface area (Å²) < 4.78 is 12.0. The molecule has 2 rings (SSSR count). The lowest BCUT2D eigenvalue weighted by Gasteiger charge is -2.33. The fourth-order valence-electron chi connectivity index (χ4n) is 2.72. The molecule has 0 saturated carbocycles. The van der Waals surface area contributed by atoms with Crippen LogP contribution < -0.4 is 10.1 Å². The lowest BCUT2D eigenvalue weighted by molar-refractivity contribution is -0.0723. The summed E-state index contributed by atoms with van der Waals surface area (Å²) in [5.41, 5.74) is 1.22. The number of hydrogen-bond donors (Lipinski definition) is 1. The van der Waals surface area contributed by atoms with Gasteiger partial charge in [-0.2, -0.15) is 0 Å². The maximum absolute atomic E-state index is 6.23. The predicted octanol–water partition coefficient (Wildman–Crippen LogP) is 3.30. The van der Waals surface area contributed by atoms with Crippen LogP contribution in [-0.4, -0.2) is 25.4 Å². The molecular formula is C16H25NO2. The van der Waals surface area contributed by atoms with Crippen molar-refractivity contribution in [2.24, 2.45) is 0 Å². The SMILES string of the molecule is CNC(C)c1ccccc1OC1CC(C)OC(C)C1. The maximum Gasteiger partial charge on any atom is 0.124 e. The van der Waals surface area contributed by atoms with E-state index in [1.807, 2.05) is 13.1 Å². The van der Waals surface area contributed by atoms with E-state index in [0.717, 1.165) is 18.6 Å². The van der Waals surface area contributed by atoms with Gasteiger partial charge >= 0.3 is 0 Å². The van der Waals surface area contributed by atoms with Crippen LogP contribution >= 0.6 is 0 Å². The standard InChI is InChI=1S/C16H25NO2/c1-11-9-14(10-12(2)18-11)19-16-8-6-5-7-15(16)13(3)17-4/h5-8,11-14,17H,9-10H2,1-4H3. The minimum Gasteiger partial charge on any atom is -0.490 e. The number of hydrogen-bond acceptors (Lipinski definition) is 3. The highest BCUT2D eigenvalue weighted by atomic mass is 16.5. The smallest absolute Gasteiger partial charge is 0.124 e. The van der Waals surface area contributed by atoms with Gasteiger partial charge in [0, 0.05) is 24.4 Å². The third-order valence-corrected chi connectivity index (χ3v) is 3.77. The predicted molar refractivity (Wildman–Crippen MR) is 77.6 cm³/mol. The number of rotatable bonds is 4. The molecule has 1 aromatic carbocycles. The van der Waals surface area contributed by atoms with Crippen molar-refractivity contribution >= 4 is 0 Å². The van der Waals surface area contributed by atoms with Crippen LogP contribution in [0.3, 0.4) is 0 Å². The monoisotopic (exact) mass is 263 g/mol. The molecule has 1 fully saturated rings. The van der Waals surface area contributed by atoms with Gasteiger partial charge in [-0.3, -0.25) is 0 Å². The summed E-state index contributed by atoms with van der Waals surface area (Å²) in [6, 6.07) is 8.58. The summed E-state index contributed by atoms with van der Waals surface area (Å²) in [5, 5.41) is 3.27. The summed E-state index contributed by atoms with van der Waals surface area (Å²) in [6.07, 6.45) is 2.74. The van der Waals surface area contributed by atoms with Crippen LogP contribution in [0.25, 0.3) is 0 Å². The fourth-order valence-corrected chi connectivity index (χ4v) is 2.72. The Balaban J connectivity index is 2.10. The molecule has 1 aliphatic rings. The Morgan fingerprint density at radius 1 is 1.21 bits per heavy atom. The van der Waals surface area contributed by atoms with Crippen LogP contribution in [-0.2, 0) is 4.74 Å². The number of ether oxygens (including phenoxy) is 2. The van der Waals surface area contributed by atoms with Crippen molar-refractivity contribution in [3.63, 3.8) is 0 Å². The number of para-hydroxylation sites is 1. The zero-order chi connectivity index (χ0) is 13.8. The van der Waals surface area contributed by atoms with Gasteiger partial charge in [0.25, 0.3) is 0 Å². The fraction of sp³-hybridized carbons (Fsp3) is 0.625. The third kappa shape index (κ3) is 3.71. The molecule has 3 nitrogen and oxygen atoms in total. The van der Waals surface area contributed by atoms with Crippen molar-refractivity contribution in [2.45, 2.75) is 58.0 Å². The molecule has 1 heterocycles. The van der Waals surface area contributed by atoms with E-state index in [1.54, 1.807) is 0 Å². The molecule has 1 saturated heterocycles. The molecule has 0 aliphatic carbocycles. The summed E-state index contributed by atoms with van der Waals surface area (Å²) in [5.74, 6) is 0.996. The highest BCUT2D eigenvalue weighted by molar-refractivity contribution is 5.35. The molecule has 0 amide bonds. The second-order valence-electron chi connectivity index (χ2n) is 5.52.